The predicted molar refractivity (Wildman–Crippen MR) is 84.5 cm³/mol. The molecule has 0 radical (unpaired) electrons. The summed E-state index contributed by atoms with van der Waals surface area (Å²) in [6.07, 6.45) is 3.69. The number of hydrogen-bond acceptors (Lipinski definition) is 4. The van der Waals surface area contributed by atoms with Gasteiger partial charge in [-0.2, -0.15) is 5.26 Å². The summed E-state index contributed by atoms with van der Waals surface area (Å²) in [6.45, 7) is 0. The Bertz CT molecular complexity index is 622. The number of aromatic nitrogens is 2. The molecule has 0 aromatic carbocycles. The Hall–Kier alpha value is -1.78. The van der Waals surface area contributed by atoms with E-state index in [1.54, 1.807) is 18.3 Å². The van der Waals surface area contributed by atoms with Crippen LogP contribution in [0.2, 0.25) is 0 Å². The summed E-state index contributed by atoms with van der Waals surface area (Å²) in [5.41, 5.74) is 1.66. The third-order valence-corrected chi connectivity index (χ3v) is 3.15. The van der Waals surface area contributed by atoms with Gasteiger partial charge in [-0.3, -0.25) is 4.79 Å². The molecule has 0 aliphatic rings. The van der Waals surface area contributed by atoms with Crippen LogP contribution in [0.1, 0.15) is 11.1 Å². The lowest BCUT2D eigenvalue weighted by molar-refractivity contribution is -0.136. The van der Waals surface area contributed by atoms with E-state index in [1.807, 2.05) is 18.2 Å². The van der Waals surface area contributed by atoms with E-state index in [-0.39, 0.29) is 6.42 Å². The molecule has 0 aliphatic heterocycles. The molecule has 21 heavy (non-hydrogen) atoms. The molecule has 5 nitrogen and oxygen atoms in total. The number of halogens is 2. The summed E-state index contributed by atoms with van der Waals surface area (Å²) in [7, 11) is 0. The highest BCUT2D eigenvalue weighted by Gasteiger charge is 1.99. The molecule has 0 bridgehead atoms. The minimum absolute atomic E-state index is 0.0281. The molecule has 0 saturated carbocycles. The SMILES string of the molecule is N#CCc1ccc(Br)nc1.O=C(O)Cc1ccc(Br)nc1. The first kappa shape index (κ1) is 17.3. The van der Waals surface area contributed by atoms with Crippen molar-refractivity contribution >= 4 is 37.8 Å². The van der Waals surface area contributed by atoms with Crippen LogP contribution in [0.5, 0.6) is 0 Å². The molecule has 2 heterocycles. The zero-order chi connectivity index (χ0) is 15.7. The second-order valence-corrected chi connectivity index (χ2v) is 5.51. The number of carboxylic acid groups (broad SMARTS) is 1. The number of hydrogen-bond donors (Lipinski definition) is 1. The molecule has 7 heteroatoms. The van der Waals surface area contributed by atoms with Crippen molar-refractivity contribution in [3.8, 4) is 6.07 Å². The fourth-order valence-electron chi connectivity index (χ4n) is 1.29. The number of aliphatic carboxylic acids is 1. The number of nitriles is 1. The molecule has 0 fully saturated rings. The Morgan fingerprint density at radius 1 is 1.10 bits per heavy atom. The van der Waals surface area contributed by atoms with Crippen LogP contribution < -0.4 is 0 Å². The number of pyridine rings is 2. The van der Waals surface area contributed by atoms with E-state index >= 15 is 0 Å². The highest BCUT2D eigenvalue weighted by atomic mass is 79.9. The van der Waals surface area contributed by atoms with Gasteiger partial charge in [0.05, 0.1) is 18.9 Å². The highest BCUT2D eigenvalue weighted by Crippen LogP contribution is 2.06. The number of carbonyl (C=O) groups is 1. The van der Waals surface area contributed by atoms with Gasteiger partial charge in [-0.05, 0) is 55.1 Å². The molecule has 0 atom stereocenters. The first-order chi connectivity index (χ1) is 10.0. The molecule has 1 N–H and O–H groups in total. The Kier molecular flexibility index (Phi) is 7.58. The van der Waals surface area contributed by atoms with Crippen LogP contribution in [0, 0.1) is 11.3 Å². The molecule has 0 unspecified atom stereocenters. The minimum atomic E-state index is -0.839. The van der Waals surface area contributed by atoms with Gasteiger partial charge in [0.25, 0.3) is 0 Å². The summed E-state index contributed by atoms with van der Waals surface area (Å²) in [6, 6.07) is 9.20. The van der Waals surface area contributed by atoms with Crippen molar-refractivity contribution in [1.29, 1.82) is 5.26 Å². The lowest BCUT2D eigenvalue weighted by Crippen LogP contribution is -1.99. The molecule has 108 valence electrons. The minimum Gasteiger partial charge on any atom is -0.481 e. The van der Waals surface area contributed by atoms with Gasteiger partial charge < -0.3 is 5.11 Å². The fourth-order valence-corrected chi connectivity index (χ4v) is 1.76. The van der Waals surface area contributed by atoms with Gasteiger partial charge in [0.1, 0.15) is 9.21 Å². The topological polar surface area (TPSA) is 86.9 Å². The van der Waals surface area contributed by atoms with Crippen LogP contribution in [0.3, 0.4) is 0 Å². The molecule has 0 spiro atoms. The first-order valence-corrected chi connectivity index (χ1v) is 7.39. The maximum absolute atomic E-state index is 10.2. The second-order valence-electron chi connectivity index (χ2n) is 3.88. The second kappa shape index (κ2) is 9.21. The monoisotopic (exact) mass is 411 g/mol. The van der Waals surface area contributed by atoms with Crippen molar-refractivity contribution < 1.29 is 9.90 Å². The zero-order valence-electron chi connectivity index (χ0n) is 10.8. The van der Waals surface area contributed by atoms with Crippen LogP contribution >= 0.6 is 31.9 Å². The normalized spacial score (nSPS) is 9.19. The third kappa shape index (κ3) is 7.54. The largest absolute Gasteiger partial charge is 0.481 e. The smallest absolute Gasteiger partial charge is 0.307 e. The van der Waals surface area contributed by atoms with Crippen molar-refractivity contribution in [2.45, 2.75) is 12.8 Å². The zero-order valence-corrected chi connectivity index (χ0v) is 14.0. The summed E-state index contributed by atoms with van der Waals surface area (Å²) in [5, 5.41) is 16.7. The maximum Gasteiger partial charge on any atom is 0.307 e. The lowest BCUT2D eigenvalue weighted by Gasteiger charge is -1.94. The van der Waals surface area contributed by atoms with E-state index < -0.39 is 5.97 Å². The quantitative estimate of drug-likeness (QED) is 0.780. The van der Waals surface area contributed by atoms with Crippen molar-refractivity contribution in [2.24, 2.45) is 0 Å². The Balaban J connectivity index is 0.000000211. The number of carboxylic acids is 1. The van der Waals surface area contributed by atoms with Gasteiger partial charge in [-0.15, -0.1) is 0 Å². The van der Waals surface area contributed by atoms with Gasteiger partial charge >= 0.3 is 5.97 Å². The number of nitrogens with zero attached hydrogens (tertiary/aromatic N) is 3. The Labute approximate surface area is 138 Å². The maximum atomic E-state index is 10.2. The fraction of sp³-hybridized carbons (Fsp3) is 0.143. The Morgan fingerprint density at radius 2 is 1.62 bits per heavy atom. The lowest BCUT2D eigenvalue weighted by atomic mass is 10.2. The first-order valence-electron chi connectivity index (χ1n) is 5.81. The van der Waals surface area contributed by atoms with E-state index in [2.05, 4.69) is 41.8 Å². The molecule has 0 aliphatic carbocycles. The third-order valence-electron chi connectivity index (χ3n) is 2.22. The van der Waals surface area contributed by atoms with Gasteiger partial charge in [-0.1, -0.05) is 12.1 Å². The summed E-state index contributed by atoms with van der Waals surface area (Å²) in [4.78, 5) is 18.1. The molecule has 2 aromatic heterocycles. The molecular formula is C14H11Br2N3O2. The standard InChI is InChI=1S/C7H5BrN2.C7H6BrNO2/c8-7-2-1-6(3-4-9)5-10-7;8-6-2-1-5(4-9-6)3-7(10)11/h1-2,5H,3H2;1-2,4H,3H2,(H,10,11). The predicted octanol–water partition coefficient (Wildman–Crippen LogP) is 3.38. The molecule has 2 rings (SSSR count). The van der Waals surface area contributed by atoms with Crippen LogP contribution in [0.15, 0.2) is 45.9 Å². The van der Waals surface area contributed by atoms with Gasteiger partial charge in [0.2, 0.25) is 0 Å². The summed E-state index contributed by atoms with van der Waals surface area (Å²) in [5.74, 6) is -0.839. The van der Waals surface area contributed by atoms with Crippen molar-refractivity contribution in [2.75, 3.05) is 0 Å². The highest BCUT2D eigenvalue weighted by molar-refractivity contribution is 9.10. The summed E-state index contributed by atoms with van der Waals surface area (Å²) >= 11 is 6.36. The van der Waals surface area contributed by atoms with Crippen LogP contribution in [-0.4, -0.2) is 21.0 Å². The van der Waals surface area contributed by atoms with E-state index in [0.29, 0.717) is 16.6 Å². The van der Waals surface area contributed by atoms with Crippen LogP contribution in [0.4, 0.5) is 0 Å². The molecule has 2 aromatic rings. The van der Waals surface area contributed by atoms with E-state index in [4.69, 9.17) is 10.4 Å². The van der Waals surface area contributed by atoms with Gasteiger partial charge in [-0.25, -0.2) is 9.97 Å². The average Bonchev–Trinajstić information content (AvgIpc) is 2.44. The van der Waals surface area contributed by atoms with Gasteiger partial charge in [0, 0.05) is 12.4 Å². The van der Waals surface area contributed by atoms with Gasteiger partial charge in [0.15, 0.2) is 0 Å². The summed E-state index contributed by atoms with van der Waals surface area (Å²) < 4.78 is 1.51. The average molecular weight is 413 g/mol. The van der Waals surface area contributed by atoms with E-state index in [1.165, 1.54) is 6.20 Å². The van der Waals surface area contributed by atoms with Crippen molar-refractivity contribution in [3.63, 3.8) is 0 Å². The van der Waals surface area contributed by atoms with Crippen molar-refractivity contribution in [3.05, 3.63) is 57.0 Å². The Morgan fingerprint density at radius 3 is 2.00 bits per heavy atom. The number of rotatable bonds is 3. The molecular weight excluding hydrogens is 402 g/mol. The van der Waals surface area contributed by atoms with E-state index in [9.17, 15) is 4.79 Å². The van der Waals surface area contributed by atoms with E-state index in [0.717, 1.165) is 10.2 Å². The molecule has 0 saturated heterocycles. The van der Waals surface area contributed by atoms with Crippen LogP contribution in [-0.2, 0) is 17.6 Å². The molecule has 0 amide bonds. The van der Waals surface area contributed by atoms with Crippen LogP contribution in [0.25, 0.3) is 0 Å². The van der Waals surface area contributed by atoms with Crippen molar-refractivity contribution in [1.82, 2.24) is 9.97 Å².